The Morgan fingerprint density at radius 2 is 2.06 bits per heavy atom. The minimum atomic E-state index is -0.921. The minimum absolute atomic E-state index is 0.466. The SMILES string of the molecule is CC(Nc1cnc2ccccc2n1)C(=O)O. The number of para-hydroxylation sites is 2. The summed E-state index contributed by atoms with van der Waals surface area (Å²) in [5.74, 6) is -0.455. The molecule has 0 fully saturated rings. The summed E-state index contributed by atoms with van der Waals surface area (Å²) in [5, 5.41) is 11.5. The fraction of sp³-hybridized carbons (Fsp3) is 0.182. The topological polar surface area (TPSA) is 75.1 Å². The quantitative estimate of drug-likeness (QED) is 0.815. The van der Waals surface area contributed by atoms with Crippen molar-refractivity contribution in [2.24, 2.45) is 0 Å². The first-order valence-electron chi connectivity index (χ1n) is 4.88. The van der Waals surface area contributed by atoms with Gasteiger partial charge in [-0.15, -0.1) is 0 Å². The van der Waals surface area contributed by atoms with Crippen molar-refractivity contribution in [3.63, 3.8) is 0 Å². The molecule has 1 aromatic carbocycles. The minimum Gasteiger partial charge on any atom is -0.480 e. The number of anilines is 1. The van der Waals surface area contributed by atoms with Gasteiger partial charge in [-0.3, -0.25) is 9.78 Å². The zero-order valence-electron chi connectivity index (χ0n) is 8.71. The van der Waals surface area contributed by atoms with Crippen LogP contribution in [0.2, 0.25) is 0 Å². The number of hydrogen-bond donors (Lipinski definition) is 2. The summed E-state index contributed by atoms with van der Waals surface area (Å²) in [6.45, 7) is 1.55. The second kappa shape index (κ2) is 4.14. The molecule has 0 aliphatic heterocycles. The number of aromatic nitrogens is 2. The van der Waals surface area contributed by atoms with E-state index in [1.807, 2.05) is 24.3 Å². The van der Waals surface area contributed by atoms with Crippen molar-refractivity contribution < 1.29 is 9.90 Å². The molecule has 1 unspecified atom stereocenters. The highest BCUT2D eigenvalue weighted by Crippen LogP contribution is 2.11. The third kappa shape index (κ3) is 2.08. The molecule has 0 spiro atoms. The van der Waals surface area contributed by atoms with Gasteiger partial charge in [-0.2, -0.15) is 0 Å². The van der Waals surface area contributed by atoms with Crippen molar-refractivity contribution in [1.29, 1.82) is 0 Å². The van der Waals surface area contributed by atoms with Crippen molar-refractivity contribution >= 4 is 22.8 Å². The second-order valence-corrected chi connectivity index (χ2v) is 3.45. The van der Waals surface area contributed by atoms with Crippen LogP contribution in [0.15, 0.2) is 30.5 Å². The number of nitrogens with one attached hydrogen (secondary N) is 1. The van der Waals surface area contributed by atoms with Crippen LogP contribution in [0.1, 0.15) is 6.92 Å². The van der Waals surface area contributed by atoms with Gasteiger partial charge in [0.15, 0.2) is 0 Å². The maximum atomic E-state index is 10.7. The van der Waals surface area contributed by atoms with Gasteiger partial charge in [0.25, 0.3) is 0 Å². The highest BCUT2D eigenvalue weighted by molar-refractivity contribution is 5.78. The van der Waals surface area contributed by atoms with Gasteiger partial charge in [-0.1, -0.05) is 12.1 Å². The molecule has 5 heteroatoms. The summed E-state index contributed by atoms with van der Waals surface area (Å²) in [7, 11) is 0. The van der Waals surface area contributed by atoms with E-state index < -0.39 is 12.0 Å². The third-order valence-corrected chi connectivity index (χ3v) is 2.18. The summed E-state index contributed by atoms with van der Waals surface area (Å²) in [6.07, 6.45) is 1.53. The number of aliphatic carboxylic acids is 1. The summed E-state index contributed by atoms with van der Waals surface area (Å²) < 4.78 is 0. The average molecular weight is 217 g/mol. The number of carboxylic acid groups (broad SMARTS) is 1. The molecular weight excluding hydrogens is 206 g/mol. The van der Waals surface area contributed by atoms with Crippen molar-refractivity contribution in [3.05, 3.63) is 30.5 Å². The predicted molar refractivity (Wildman–Crippen MR) is 60.3 cm³/mol. The lowest BCUT2D eigenvalue weighted by Crippen LogP contribution is -2.25. The largest absolute Gasteiger partial charge is 0.480 e. The summed E-state index contributed by atoms with van der Waals surface area (Å²) in [6, 6.07) is 6.74. The number of carbonyl (C=O) groups is 1. The Hall–Kier alpha value is -2.17. The first-order valence-corrected chi connectivity index (χ1v) is 4.88. The Balaban J connectivity index is 2.29. The molecule has 2 N–H and O–H groups in total. The molecule has 0 saturated carbocycles. The Morgan fingerprint density at radius 1 is 1.38 bits per heavy atom. The zero-order valence-corrected chi connectivity index (χ0v) is 8.71. The number of hydrogen-bond acceptors (Lipinski definition) is 4. The molecule has 0 aliphatic carbocycles. The molecule has 5 nitrogen and oxygen atoms in total. The van der Waals surface area contributed by atoms with Crippen LogP contribution in [-0.4, -0.2) is 27.1 Å². The number of carboxylic acids is 1. The maximum Gasteiger partial charge on any atom is 0.325 e. The predicted octanol–water partition coefficient (Wildman–Crippen LogP) is 1.51. The van der Waals surface area contributed by atoms with Gasteiger partial charge >= 0.3 is 5.97 Å². The molecule has 2 rings (SSSR count). The van der Waals surface area contributed by atoms with E-state index >= 15 is 0 Å². The first-order chi connectivity index (χ1) is 7.66. The van der Waals surface area contributed by atoms with E-state index in [9.17, 15) is 4.79 Å². The smallest absolute Gasteiger partial charge is 0.325 e. The van der Waals surface area contributed by atoms with Crippen LogP contribution in [0.25, 0.3) is 11.0 Å². The number of nitrogens with zero attached hydrogens (tertiary/aromatic N) is 2. The van der Waals surface area contributed by atoms with Crippen molar-refractivity contribution in [2.75, 3.05) is 5.32 Å². The molecule has 82 valence electrons. The van der Waals surface area contributed by atoms with E-state index in [0.717, 1.165) is 11.0 Å². The van der Waals surface area contributed by atoms with Gasteiger partial charge in [-0.25, -0.2) is 4.98 Å². The zero-order chi connectivity index (χ0) is 11.5. The van der Waals surface area contributed by atoms with Crippen LogP contribution in [0.4, 0.5) is 5.82 Å². The third-order valence-electron chi connectivity index (χ3n) is 2.18. The van der Waals surface area contributed by atoms with Gasteiger partial charge in [-0.05, 0) is 19.1 Å². The molecule has 0 aliphatic rings. The van der Waals surface area contributed by atoms with Crippen LogP contribution >= 0.6 is 0 Å². The van der Waals surface area contributed by atoms with Gasteiger partial charge in [0.1, 0.15) is 11.9 Å². The number of fused-ring (bicyclic) bond motifs is 1. The fourth-order valence-electron chi connectivity index (χ4n) is 1.31. The van der Waals surface area contributed by atoms with Crippen LogP contribution in [0, 0.1) is 0 Å². The Bertz CT molecular complexity index is 527. The lowest BCUT2D eigenvalue weighted by Gasteiger charge is -2.09. The van der Waals surface area contributed by atoms with Gasteiger partial charge < -0.3 is 10.4 Å². The van der Waals surface area contributed by atoms with Crippen LogP contribution in [-0.2, 0) is 4.79 Å². The Kier molecular flexibility index (Phi) is 2.68. The van der Waals surface area contributed by atoms with E-state index in [2.05, 4.69) is 15.3 Å². The summed E-state index contributed by atoms with van der Waals surface area (Å²) in [4.78, 5) is 19.1. The Morgan fingerprint density at radius 3 is 2.75 bits per heavy atom. The van der Waals surface area contributed by atoms with Gasteiger partial charge in [0, 0.05) is 0 Å². The average Bonchev–Trinajstić information content (AvgIpc) is 2.28. The fourth-order valence-corrected chi connectivity index (χ4v) is 1.31. The monoisotopic (exact) mass is 217 g/mol. The van der Waals surface area contributed by atoms with E-state index in [0.29, 0.717) is 5.82 Å². The molecule has 1 heterocycles. The van der Waals surface area contributed by atoms with Crippen molar-refractivity contribution in [2.45, 2.75) is 13.0 Å². The molecule has 0 bridgehead atoms. The van der Waals surface area contributed by atoms with Gasteiger partial charge in [0.2, 0.25) is 0 Å². The Labute approximate surface area is 92.2 Å². The molecule has 1 aromatic heterocycles. The highest BCUT2D eigenvalue weighted by atomic mass is 16.4. The normalized spacial score (nSPS) is 12.3. The molecule has 1 atom stereocenters. The second-order valence-electron chi connectivity index (χ2n) is 3.45. The maximum absolute atomic E-state index is 10.7. The lowest BCUT2D eigenvalue weighted by atomic mass is 10.3. The number of rotatable bonds is 3. The van der Waals surface area contributed by atoms with E-state index in [4.69, 9.17) is 5.11 Å². The molecule has 0 amide bonds. The van der Waals surface area contributed by atoms with Crippen molar-refractivity contribution in [1.82, 2.24) is 9.97 Å². The van der Waals surface area contributed by atoms with Crippen LogP contribution in [0.3, 0.4) is 0 Å². The standard InChI is InChI=1S/C11H11N3O2/c1-7(11(15)16)13-10-6-12-8-4-2-3-5-9(8)14-10/h2-7H,1H3,(H,13,14)(H,15,16). The number of benzene rings is 1. The van der Waals surface area contributed by atoms with E-state index in [-0.39, 0.29) is 0 Å². The first kappa shape index (κ1) is 10.4. The lowest BCUT2D eigenvalue weighted by molar-refractivity contribution is -0.137. The van der Waals surface area contributed by atoms with E-state index in [1.54, 1.807) is 6.92 Å². The molecule has 2 aromatic rings. The summed E-state index contributed by atoms with van der Waals surface area (Å²) >= 11 is 0. The molecule has 0 saturated heterocycles. The van der Waals surface area contributed by atoms with Crippen LogP contribution < -0.4 is 5.32 Å². The molecular formula is C11H11N3O2. The molecule has 0 radical (unpaired) electrons. The van der Waals surface area contributed by atoms with E-state index in [1.165, 1.54) is 6.20 Å². The summed E-state index contributed by atoms with van der Waals surface area (Å²) in [5.41, 5.74) is 1.53. The van der Waals surface area contributed by atoms with Gasteiger partial charge in [0.05, 0.1) is 17.2 Å². The highest BCUT2D eigenvalue weighted by Gasteiger charge is 2.10. The van der Waals surface area contributed by atoms with Crippen LogP contribution in [0.5, 0.6) is 0 Å². The molecule has 16 heavy (non-hydrogen) atoms. The van der Waals surface area contributed by atoms with Crippen molar-refractivity contribution in [3.8, 4) is 0 Å².